The molecule has 24 heavy (non-hydrogen) atoms. The summed E-state index contributed by atoms with van der Waals surface area (Å²) >= 11 is 0. The van der Waals surface area contributed by atoms with E-state index in [0.29, 0.717) is 30.1 Å². The molecule has 1 N–H and O–H groups in total. The quantitative estimate of drug-likeness (QED) is 0.885. The number of hydrogen-bond acceptors (Lipinski definition) is 4. The molecule has 2 rings (SSSR count). The van der Waals surface area contributed by atoms with Gasteiger partial charge in [0.1, 0.15) is 11.4 Å². The number of carbonyl (C=O) groups is 2. The fourth-order valence-corrected chi connectivity index (χ4v) is 2.30. The molecule has 0 bridgehead atoms. The van der Waals surface area contributed by atoms with Crippen molar-refractivity contribution in [2.75, 3.05) is 25.5 Å². The number of ether oxygens (including phenoxy) is 1. The molecule has 1 heterocycles. The highest BCUT2D eigenvalue weighted by molar-refractivity contribution is 6.06. The largest absolute Gasteiger partial charge is 0.495 e. The summed E-state index contributed by atoms with van der Waals surface area (Å²) in [7, 11) is 1.54. The van der Waals surface area contributed by atoms with E-state index in [2.05, 4.69) is 10.3 Å². The average molecular weight is 327 g/mol. The third-order valence-corrected chi connectivity index (χ3v) is 3.65. The number of para-hydroxylation sites is 2. The van der Waals surface area contributed by atoms with E-state index in [1.165, 1.54) is 19.4 Å². The Hall–Kier alpha value is -2.89. The number of pyridine rings is 1. The second-order valence-electron chi connectivity index (χ2n) is 5.06. The van der Waals surface area contributed by atoms with Crippen molar-refractivity contribution in [3.05, 3.63) is 53.9 Å². The van der Waals surface area contributed by atoms with E-state index in [4.69, 9.17) is 4.74 Å². The molecule has 0 spiro atoms. The first-order valence-electron chi connectivity index (χ1n) is 7.80. The summed E-state index contributed by atoms with van der Waals surface area (Å²) in [6.45, 7) is 4.99. The van der Waals surface area contributed by atoms with E-state index < -0.39 is 0 Å². The fourth-order valence-electron chi connectivity index (χ4n) is 2.30. The average Bonchev–Trinajstić information content (AvgIpc) is 2.63. The smallest absolute Gasteiger partial charge is 0.272 e. The van der Waals surface area contributed by atoms with Gasteiger partial charge in [-0.1, -0.05) is 12.1 Å². The predicted molar refractivity (Wildman–Crippen MR) is 92.4 cm³/mol. The lowest BCUT2D eigenvalue weighted by atomic mass is 10.2. The normalized spacial score (nSPS) is 10.1. The summed E-state index contributed by atoms with van der Waals surface area (Å²) in [4.78, 5) is 30.5. The molecule has 2 amide bonds. The number of nitrogens with one attached hydrogen (secondary N) is 1. The van der Waals surface area contributed by atoms with Crippen LogP contribution in [0.4, 0.5) is 5.69 Å². The Kier molecular flexibility index (Phi) is 5.89. The molecule has 0 fully saturated rings. The van der Waals surface area contributed by atoms with E-state index in [0.717, 1.165) is 0 Å². The van der Waals surface area contributed by atoms with Gasteiger partial charge in [0.05, 0.1) is 12.8 Å². The molecule has 0 radical (unpaired) electrons. The van der Waals surface area contributed by atoms with Crippen LogP contribution in [0.3, 0.4) is 0 Å². The van der Waals surface area contributed by atoms with Gasteiger partial charge in [-0.3, -0.25) is 14.6 Å². The molecule has 2 aromatic rings. The number of amides is 2. The summed E-state index contributed by atoms with van der Waals surface area (Å²) < 4.78 is 5.22. The van der Waals surface area contributed by atoms with Crippen molar-refractivity contribution in [2.24, 2.45) is 0 Å². The Morgan fingerprint density at radius 3 is 2.54 bits per heavy atom. The standard InChI is InChI=1S/C18H21N3O3/c1-4-21(5-2)18(23)15-12-13(10-11-19-15)17(22)20-14-8-6-7-9-16(14)24-3/h6-12H,4-5H2,1-3H3,(H,20,22). The van der Waals surface area contributed by atoms with E-state index in [-0.39, 0.29) is 17.5 Å². The SMILES string of the molecule is CCN(CC)C(=O)c1cc(C(=O)Nc2ccccc2OC)ccn1. The summed E-state index contributed by atoms with van der Waals surface area (Å²) in [5.74, 6) is 0.0572. The van der Waals surface area contributed by atoms with Crippen molar-refractivity contribution in [2.45, 2.75) is 13.8 Å². The molecule has 1 aromatic carbocycles. The Bertz CT molecular complexity index is 727. The highest BCUT2D eigenvalue weighted by Gasteiger charge is 2.16. The number of benzene rings is 1. The minimum absolute atomic E-state index is 0.188. The van der Waals surface area contributed by atoms with Crippen LogP contribution in [-0.2, 0) is 0 Å². The molecule has 0 saturated carbocycles. The molecule has 126 valence electrons. The molecule has 0 unspecified atom stereocenters. The molecule has 0 saturated heterocycles. The van der Waals surface area contributed by atoms with Gasteiger partial charge in [0.25, 0.3) is 11.8 Å². The number of nitrogens with zero attached hydrogens (tertiary/aromatic N) is 2. The zero-order chi connectivity index (χ0) is 17.5. The lowest BCUT2D eigenvalue weighted by Gasteiger charge is -2.18. The number of hydrogen-bond donors (Lipinski definition) is 1. The number of anilines is 1. The second-order valence-corrected chi connectivity index (χ2v) is 5.06. The van der Waals surface area contributed by atoms with Gasteiger partial charge in [0.15, 0.2) is 0 Å². The number of carbonyl (C=O) groups excluding carboxylic acids is 2. The first-order valence-corrected chi connectivity index (χ1v) is 7.80. The molecule has 0 aliphatic rings. The maximum Gasteiger partial charge on any atom is 0.272 e. The zero-order valence-electron chi connectivity index (χ0n) is 14.1. The van der Waals surface area contributed by atoms with Gasteiger partial charge in [-0.05, 0) is 38.1 Å². The Balaban J connectivity index is 2.22. The van der Waals surface area contributed by atoms with Gasteiger partial charge in [-0.25, -0.2) is 0 Å². The molecule has 0 aliphatic carbocycles. The van der Waals surface area contributed by atoms with Crippen LogP contribution in [0, 0.1) is 0 Å². The van der Waals surface area contributed by atoms with Gasteiger partial charge in [-0.2, -0.15) is 0 Å². The number of aromatic nitrogens is 1. The molecule has 0 atom stereocenters. The third-order valence-electron chi connectivity index (χ3n) is 3.65. The Morgan fingerprint density at radius 1 is 1.17 bits per heavy atom. The van der Waals surface area contributed by atoms with Crippen LogP contribution in [-0.4, -0.2) is 41.9 Å². The summed E-state index contributed by atoms with van der Waals surface area (Å²) in [6.07, 6.45) is 1.47. The maximum absolute atomic E-state index is 12.4. The summed E-state index contributed by atoms with van der Waals surface area (Å²) in [6, 6.07) is 10.2. The van der Waals surface area contributed by atoms with E-state index in [1.54, 1.807) is 29.2 Å². The first-order chi connectivity index (χ1) is 11.6. The predicted octanol–water partition coefficient (Wildman–Crippen LogP) is 2.82. The summed E-state index contributed by atoms with van der Waals surface area (Å²) in [5, 5.41) is 2.78. The highest BCUT2D eigenvalue weighted by Crippen LogP contribution is 2.23. The minimum Gasteiger partial charge on any atom is -0.495 e. The van der Waals surface area contributed by atoms with Crippen molar-refractivity contribution < 1.29 is 14.3 Å². The van der Waals surface area contributed by atoms with Crippen LogP contribution in [0.25, 0.3) is 0 Å². The monoisotopic (exact) mass is 327 g/mol. The van der Waals surface area contributed by atoms with E-state index in [1.807, 2.05) is 19.9 Å². The first kappa shape index (κ1) is 17.5. The Labute approximate surface area is 141 Å². The number of methoxy groups -OCH3 is 1. The Morgan fingerprint density at radius 2 is 1.88 bits per heavy atom. The molecule has 6 heteroatoms. The number of rotatable bonds is 6. The molecule has 6 nitrogen and oxygen atoms in total. The van der Waals surface area contributed by atoms with Crippen LogP contribution in [0.5, 0.6) is 5.75 Å². The van der Waals surface area contributed by atoms with E-state index >= 15 is 0 Å². The zero-order valence-corrected chi connectivity index (χ0v) is 14.1. The lowest BCUT2D eigenvalue weighted by molar-refractivity contribution is 0.0767. The molecular weight excluding hydrogens is 306 g/mol. The van der Waals surface area contributed by atoms with Crippen molar-refractivity contribution in [1.29, 1.82) is 0 Å². The van der Waals surface area contributed by atoms with Crippen molar-refractivity contribution in [3.63, 3.8) is 0 Å². The van der Waals surface area contributed by atoms with Gasteiger partial charge >= 0.3 is 0 Å². The van der Waals surface area contributed by atoms with Crippen LogP contribution >= 0.6 is 0 Å². The van der Waals surface area contributed by atoms with Crippen molar-refractivity contribution >= 4 is 17.5 Å². The third kappa shape index (κ3) is 3.90. The van der Waals surface area contributed by atoms with E-state index in [9.17, 15) is 9.59 Å². The van der Waals surface area contributed by atoms with Crippen LogP contribution in [0.2, 0.25) is 0 Å². The summed E-state index contributed by atoms with van der Waals surface area (Å²) in [5.41, 5.74) is 1.19. The second kappa shape index (κ2) is 8.10. The van der Waals surface area contributed by atoms with Gasteiger partial charge < -0.3 is 15.0 Å². The minimum atomic E-state index is -0.324. The maximum atomic E-state index is 12.4. The van der Waals surface area contributed by atoms with Gasteiger partial charge in [0.2, 0.25) is 0 Å². The fraction of sp³-hybridized carbons (Fsp3) is 0.278. The van der Waals surface area contributed by atoms with Crippen LogP contribution < -0.4 is 10.1 Å². The van der Waals surface area contributed by atoms with Crippen LogP contribution in [0.15, 0.2) is 42.6 Å². The lowest BCUT2D eigenvalue weighted by Crippen LogP contribution is -2.31. The molecule has 1 aromatic heterocycles. The van der Waals surface area contributed by atoms with Gasteiger partial charge in [0, 0.05) is 24.8 Å². The van der Waals surface area contributed by atoms with Crippen molar-refractivity contribution in [3.8, 4) is 5.75 Å². The van der Waals surface area contributed by atoms with Gasteiger partial charge in [-0.15, -0.1) is 0 Å². The molecular formula is C18H21N3O3. The molecule has 0 aliphatic heterocycles. The van der Waals surface area contributed by atoms with Crippen molar-refractivity contribution in [1.82, 2.24) is 9.88 Å². The topological polar surface area (TPSA) is 71.5 Å². The van der Waals surface area contributed by atoms with Crippen LogP contribution in [0.1, 0.15) is 34.7 Å². The highest BCUT2D eigenvalue weighted by atomic mass is 16.5.